The number of anilines is 2. The molecular weight excluding hydrogens is 396 g/mol. The van der Waals surface area contributed by atoms with Crippen molar-refractivity contribution >= 4 is 34.0 Å². The summed E-state index contributed by atoms with van der Waals surface area (Å²) < 4.78 is 5.42. The van der Waals surface area contributed by atoms with Crippen molar-refractivity contribution in [3.05, 3.63) is 76.3 Å². The van der Waals surface area contributed by atoms with Crippen LogP contribution in [0.15, 0.2) is 53.9 Å². The van der Waals surface area contributed by atoms with Gasteiger partial charge in [-0.05, 0) is 47.7 Å². The predicted molar refractivity (Wildman–Crippen MR) is 120 cm³/mol. The Bertz CT molecular complexity index is 1050. The number of aryl methyl sites for hydroxylation is 1. The van der Waals surface area contributed by atoms with Gasteiger partial charge in [0.2, 0.25) is 5.91 Å². The molecular formula is C24H26N2O3S. The van der Waals surface area contributed by atoms with Crippen molar-refractivity contribution in [1.82, 2.24) is 4.98 Å². The minimum absolute atomic E-state index is 0.0271. The molecule has 0 bridgehead atoms. The summed E-state index contributed by atoms with van der Waals surface area (Å²) in [7, 11) is 0. The number of carbonyl (C=O) groups is 2. The van der Waals surface area contributed by atoms with Crippen molar-refractivity contribution in [3.63, 3.8) is 0 Å². The number of hydrogen-bond acceptors (Lipinski definition) is 5. The predicted octanol–water partition coefficient (Wildman–Crippen LogP) is 5.79. The number of benzene rings is 2. The van der Waals surface area contributed by atoms with E-state index in [1.807, 2.05) is 43.3 Å². The van der Waals surface area contributed by atoms with E-state index in [1.165, 1.54) is 18.3 Å². The Morgan fingerprint density at radius 3 is 2.40 bits per heavy atom. The summed E-state index contributed by atoms with van der Waals surface area (Å²) in [4.78, 5) is 30.7. The van der Waals surface area contributed by atoms with Crippen LogP contribution in [0, 0.1) is 6.92 Å². The van der Waals surface area contributed by atoms with Crippen molar-refractivity contribution in [2.45, 2.75) is 46.6 Å². The molecule has 0 spiro atoms. The Hall–Kier alpha value is -2.99. The van der Waals surface area contributed by atoms with Gasteiger partial charge in [0.15, 0.2) is 5.13 Å². The maximum atomic E-state index is 12.4. The number of nitrogens with zero attached hydrogens (tertiary/aromatic N) is 2. The third kappa shape index (κ3) is 5.13. The number of amides is 1. The standard InChI is InChI=1S/C24H26N2O3S/c1-16-7-6-8-21(13-16)26(17(2)27)23-25-20(15-30-23)14-29-22(28)18-9-11-19(12-10-18)24(3,4)5/h6-13,15H,14H2,1-5H3. The van der Waals surface area contributed by atoms with Crippen LogP contribution in [0.2, 0.25) is 0 Å². The molecule has 1 amide bonds. The molecule has 0 fully saturated rings. The van der Waals surface area contributed by atoms with Gasteiger partial charge in [0, 0.05) is 12.3 Å². The maximum Gasteiger partial charge on any atom is 0.338 e. The van der Waals surface area contributed by atoms with Gasteiger partial charge in [0.05, 0.1) is 16.9 Å². The van der Waals surface area contributed by atoms with Gasteiger partial charge in [0.1, 0.15) is 6.61 Å². The minimum Gasteiger partial charge on any atom is -0.456 e. The van der Waals surface area contributed by atoms with E-state index in [-0.39, 0.29) is 17.9 Å². The van der Waals surface area contributed by atoms with Gasteiger partial charge < -0.3 is 4.74 Å². The molecule has 0 unspecified atom stereocenters. The van der Waals surface area contributed by atoms with Crippen LogP contribution in [0.4, 0.5) is 10.8 Å². The Kier molecular flexibility index (Phi) is 6.37. The lowest BCUT2D eigenvalue weighted by atomic mass is 9.87. The molecule has 1 aromatic heterocycles. The average Bonchev–Trinajstić information content (AvgIpc) is 3.14. The van der Waals surface area contributed by atoms with E-state index < -0.39 is 5.97 Å². The highest BCUT2D eigenvalue weighted by atomic mass is 32.1. The fourth-order valence-electron chi connectivity index (χ4n) is 2.99. The first kappa shape index (κ1) is 21.7. The molecule has 156 valence electrons. The summed E-state index contributed by atoms with van der Waals surface area (Å²) in [5.41, 5.74) is 4.11. The molecule has 5 nitrogen and oxygen atoms in total. The highest BCUT2D eigenvalue weighted by Gasteiger charge is 2.19. The second-order valence-corrected chi connectivity index (χ2v) is 9.05. The number of ether oxygens (including phenoxy) is 1. The Labute approximate surface area is 181 Å². The van der Waals surface area contributed by atoms with E-state index in [0.29, 0.717) is 16.4 Å². The summed E-state index contributed by atoms with van der Waals surface area (Å²) >= 11 is 1.34. The SMILES string of the molecule is CC(=O)N(c1cccc(C)c1)c1nc(COC(=O)c2ccc(C(C)(C)C)cc2)cs1. The van der Waals surface area contributed by atoms with Crippen LogP contribution in [0.25, 0.3) is 0 Å². The van der Waals surface area contributed by atoms with Crippen LogP contribution in [0.1, 0.15) is 54.9 Å². The van der Waals surface area contributed by atoms with E-state index in [4.69, 9.17) is 4.74 Å². The quantitative estimate of drug-likeness (QED) is 0.488. The summed E-state index contributed by atoms with van der Waals surface area (Å²) in [6.45, 7) is 9.91. The van der Waals surface area contributed by atoms with Gasteiger partial charge in [-0.3, -0.25) is 9.69 Å². The van der Waals surface area contributed by atoms with E-state index >= 15 is 0 Å². The van der Waals surface area contributed by atoms with Crippen molar-refractivity contribution in [3.8, 4) is 0 Å². The molecule has 0 atom stereocenters. The molecule has 3 rings (SSSR count). The first-order valence-electron chi connectivity index (χ1n) is 9.74. The van der Waals surface area contributed by atoms with Crippen LogP contribution < -0.4 is 4.90 Å². The van der Waals surface area contributed by atoms with Gasteiger partial charge in [-0.1, -0.05) is 45.0 Å². The summed E-state index contributed by atoms with van der Waals surface area (Å²) in [5.74, 6) is -0.524. The summed E-state index contributed by atoms with van der Waals surface area (Å²) in [6, 6.07) is 15.1. The second-order valence-electron chi connectivity index (χ2n) is 8.22. The highest BCUT2D eigenvalue weighted by molar-refractivity contribution is 7.14. The molecule has 3 aromatic rings. The van der Waals surface area contributed by atoms with E-state index in [2.05, 4.69) is 25.8 Å². The number of esters is 1. The molecule has 0 aliphatic carbocycles. The maximum absolute atomic E-state index is 12.4. The molecule has 0 aliphatic heterocycles. The molecule has 0 N–H and O–H groups in total. The third-order valence-electron chi connectivity index (χ3n) is 4.64. The first-order valence-corrected chi connectivity index (χ1v) is 10.6. The van der Waals surface area contributed by atoms with Crippen LogP contribution in [-0.4, -0.2) is 16.9 Å². The van der Waals surface area contributed by atoms with E-state index in [9.17, 15) is 9.59 Å². The zero-order chi connectivity index (χ0) is 21.9. The van der Waals surface area contributed by atoms with Gasteiger partial charge in [-0.2, -0.15) is 0 Å². The Balaban J connectivity index is 1.69. The third-order valence-corrected chi connectivity index (χ3v) is 5.52. The van der Waals surface area contributed by atoms with Gasteiger partial charge >= 0.3 is 5.97 Å². The molecule has 0 saturated heterocycles. The van der Waals surface area contributed by atoms with Crippen molar-refractivity contribution in [2.24, 2.45) is 0 Å². The summed E-state index contributed by atoms with van der Waals surface area (Å²) in [5, 5.41) is 2.35. The van der Waals surface area contributed by atoms with Crippen LogP contribution in [0.3, 0.4) is 0 Å². The molecule has 0 aliphatic rings. The second kappa shape index (κ2) is 8.79. The van der Waals surface area contributed by atoms with Crippen molar-refractivity contribution in [1.29, 1.82) is 0 Å². The lowest BCUT2D eigenvalue weighted by Crippen LogP contribution is -2.22. The number of carbonyl (C=O) groups excluding carboxylic acids is 2. The fourth-order valence-corrected chi connectivity index (χ4v) is 3.86. The molecule has 1 heterocycles. The van der Waals surface area contributed by atoms with E-state index in [0.717, 1.165) is 16.8 Å². The van der Waals surface area contributed by atoms with Crippen LogP contribution >= 0.6 is 11.3 Å². The highest BCUT2D eigenvalue weighted by Crippen LogP contribution is 2.29. The number of aromatic nitrogens is 1. The largest absolute Gasteiger partial charge is 0.456 e. The van der Waals surface area contributed by atoms with Crippen molar-refractivity contribution < 1.29 is 14.3 Å². The first-order chi connectivity index (χ1) is 14.1. The molecule has 0 saturated carbocycles. The Morgan fingerprint density at radius 1 is 1.10 bits per heavy atom. The zero-order valence-corrected chi connectivity index (χ0v) is 18.7. The molecule has 2 aromatic carbocycles. The van der Waals surface area contributed by atoms with Gasteiger partial charge in [-0.15, -0.1) is 11.3 Å². The molecule has 6 heteroatoms. The fraction of sp³-hybridized carbons (Fsp3) is 0.292. The van der Waals surface area contributed by atoms with Gasteiger partial charge in [0.25, 0.3) is 0 Å². The average molecular weight is 423 g/mol. The monoisotopic (exact) mass is 422 g/mol. The molecule has 0 radical (unpaired) electrons. The summed E-state index contributed by atoms with van der Waals surface area (Å²) in [6.07, 6.45) is 0. The van der Waals surface area contributed by atoms with Gasteiger partial charge in [-0.25, -0.2) is 9.78 Å². The van der Waals surface area contributed by atoms with Crippen LogP contribution in [-0.2, 0) is 21.6 Å². The number of thiazole rings is 1. The normalized spacial score (nSPS) is 11.2. The Morgan fingerprint density at radius 2 is 1.80 bits per heavy atom. The minimum atomic E-state index is -0.396. The van der Waals surface area contributed by atoms with Crippen molar-refractivity contribution in [2.75, 3.05) is 4.90 Å². The molecule has 30 heavy (non-hydrogen) atoms. The number of hydrogen-bond donors (Lipinski definition) is 0. The smallest absolute Gasteiger partial charge is 0.338 e. The number of rotatable bonds is 5. The lowest BCUT2D eigenvalue weighted by Gasteiger charge is -2.19. The zero-order valence-electron chi connectivity index (χ0n) is 17.9. The van der Waals surface area contributed by atoms with Crippen LogP contribution in [0.5, 0.6) is 0 Å². The van der Waals surface area contributed by atoms with E-state index in [1.54, 1.807) is 22.4 Å². The topological polar surface area (TPSA) is 59.5 Å². The lowest BCUT2D eigenvalue weighted by molar-refractivity contribution is -0.115.